The van der Waals surface area contributed by atoms with Crippen LogP contribution in [0.4, 0.5) is 5.69 Å². The predicted octanol–water partition coefficient (Wildman–Crippen LogP) is 1.10. The Kier molecular flexibility index (Phi) is 3.07. The van der Waals surface area contributed by atoms with Crippen LogP contribution >= 0.6 is 0 Å². The van der Waals surface area contributed by atoms with Gasteiger partial charge in [0.15, 0.2) is 6.29 Å². The number of nitrogens with two attached hydrogens (primary N) is 1. The van der Waals surface area contributed by atoms with Crippen molar-refractivity contribution in [2.24, 2.45) is 0 Å². The van der Waals surface area contributed by atoms with Gasteiger partial charge in [-0.15, -0.1) is 0 Å². The number of carbonyl (C=O) groups is 1. The van der Waals surface area contributed by atoms with E-state index in [1.807, 2.05) is 0 Å². The summed E-state index contributed by atoms with van der Waals surface area (Å²) in [7, 11) is 1.33. The number of hydrogen-bond donors (Lipinski definition) is 1. The van der Waals surface area contributed by atoms with Gasteiger partial charge in [-0.25, -0.2) is 4.79 Å². The van der Waals surface area contributed by atoms with Crippen LogP contribution in [0, 0.1) is 0 Å². The molecule has 1 fully saturated rings. The molecule has 2 rings (SSSR count). The minimum Gasteiger partial charge on any atom is -0.465 e. The number of anilines is 1. The number of nitrogen functional groups attached to an aromatic ring is 1. The van der Waals surface area contributed by atoms with E-state index in [4.69, 9.17) is 15.2 Å². The molecule has 0 atom stereocenters. The van der Waals surface area contributed by atoms with Crippen LogP contribution in [0.15, 0.2) is 18.2 Å². The van der Waals surface area contributed by atoms with Crippen molar-refractivity contribution in [3.05, 3.63) is 29.3 Å². The van der Waals surface area contributed by atoms with Crippen molar-refractivity contribution < 1.29 is 19.0 Å². The highest BCUT2D eigenvalue weighted by Crippen LogP contribution is 2.28. The summed E-state index contributed by atoms with van der Waals surface area (Å²) in [6.07, 6.45) is -0.482. The van der Waals surface area contributed by atoms with Gasteiger partial charge in [0, 0.05) is 11.3 Å². The topological polar surface area (TPSA) is 70.8 Å². The summed E-state index contributed by atoms with van der Waals surface area (Å²) in [4.78, 5) is 11.3. The molecule has 1 aromatic carbocycles. The largest absolute Gasteiger partial charge is 0.465 e. The molecule has 1 aromatic rings. The summed E-state index contributed by atoms with van der Waals surface area (Å²) in [6.45, 7) is 1.07. The fourth-order valence-electron chi connectivity index (χ4n) is 1.56. The van der Waals surface area contributed by atoms with Crippen LogP contribution in [0.5, 0.6) is 0 Å². The molecule has 2 N–H and O–H groups in total. The van der Waals surface area contributed by atoms with Crippen LogP contribution in [-0.4, -0.2) is 26.3 Å². The molecular formula is C11H13NO4. The molecule has 0 spiro atoms. The van der Waals surface area contributed by atoms with Crippen molar-refractivity contribution in [1.82, 2.24) is 0 Å². The Balaban J connectivity index is 2.32. The lowest BCUT2D eigenvalue weighted by atomic mass is 10.1. The molecular weight excluding hydrogens is 210 g/mol. The molecule has 16 heavy (non-hydrogen) atoms. The van der Waals surface area contributed by atoms with Gasteiger partial charge >= 0.3 is 5.97 Å². The van der Waals surface area contributed by atoms with Crippen LogP contribution in [0.3, 0.4) is 0 Å². The molecule has 0 saturated carbocycles. The van der Waals surface area contributed by atoms with Crippen molar-refractivity contribution in [3.63, 3.8) is 0 Å². The van der Waals surface area contributed by atoms with Gasteiger partial charge in [-0.3, -0.25) is 0 Å². The standard InChI is InChI=1S/C11H13NO4/c1-14-10(13)7-2-3-9(12)8(6-7)11-15-4-5-16-11/h2-3,6,11H,4-5,12H2,1H3. The van der Waals surface area contributed by atoms with Gasteiger partial charge in [-0.05, 0) is 18.2 Å². The number of methoxy groups -OCH3 is 1. The van der Waals surface area contributed by atoms with E-state index in [0.717, 1.165) is 0 Å². The van der Waals surface area contributed by atoms with E-state index in [0.29, 0.717) is 30.0 Å². The fourth-order valence-corrected chi connectivity index (χ4v) is 1.56. The number of ether oxygens (including phenoxy) is 3. The Morgan fingerprint density at radius 3 is 2.75 bits per heavy atom. The highest BCUT2D eigenvalue weighted by Gasteiger charge is 2.22. The third kappa shape index (κ3) is 2.00. The molecule has 0 radical (unpaired) electrons. The first kappa shape index (κ1) is 10.9. The van der Waals surface area contributed by atoms with Gasteiger partial charge < -0.3 is 19.9 Å². The highest BCUT2D eigenvalue weighted by molar-refractivity contribution is 5.90. The normalized spacial score (nSPS) is 16.3. The Labute approximate surface area is 93.1 Å². The van der Waals surface area contributed by atoms with E-state index in [1.165, 1.54) is 7.11 Å². The van der Waals surface area contributed by atoms with Crippen molar-refractivity contribution >= 4 is 11.7 Å². The minimum absolute atomic E-state index is 0.403. The lowest BCUT2D eigenvalue weighted by Gasteiger charge is -2.13. The minimum atomic E-state index is -0.482. The molecule has 1 aliphatic rings. The Hall–Kier alpha value is -1.59. The zero-order valence-corrected chi connectivity index (χ0v) is 8.93. The van der Waals surface area contributed by atoms with Gasteiger partial charge in [0.1, 0.15) is 0 Å². The second-order valence-corrected chi connectivity index (χ2v) is 3.41. The maximum atomic E-state index is 11.3. The Morgan fingerprint density at radius 2 is 2.12 bits per heavy atom. The third-order valence-electron chi connectivity index (χ3n) is 2.38. The molecule has 5 nitrogen and oxygen atoms in total. The second-order valence-electron chi connectivity index (χ2n) is 3.41. The zero-order valence-electron chi connectivity index (χ0n) is 8.93. The first-order valence-corrected chi connectivity index (χ1v) is 4.93. The fraction of sp³-hybridized carbons (Fsp3) is 0.364. The van der Waals surface area contributed by atoms with Crippen molar-refractivity contribution in [3.8, 4) is 0 Å². The molecule has 5 heteroatoms. The highest BCUT2D eigenvalue weighted by atomic mass is 16.7. The van der Waals surface area contributed by atoms with E-state index < -0.39 is 12.3 Å². The van der Waals surface area contributed by atoms with Crippen LogP contribution < -0.4 is 5.73 Å². The van der Waals surface area contributed by atoms with E-state index in [-0.39, 0.29) is 0 Å². The zero-order chi connectivity index (χ0) is 11.5. The molecule has 0 amide bonds. The number of rotatable bonds is 2. The molecule has 1 heterocycles. The summed E-state index contributed by atoms with van der Waals surface area (Å²) >= 11 is 0. The molecule has 1 saturated heterocycles. The van der Waals surface area contributed by atoms with Gasteiger partial charge in [-0.1, -0.05) is 0 Å². The number of esters is 1. The van der Waals surface area contributed by atoms with E-state index in [9.17, 15) is 4.79 Å². The number of hydrogen-bond acceptors (Lipinski definition) is 5. The summed E-state index contributed by atoms with van der Waals surface area (Å²) < 4.78 is 15.3. The average molecular weight is 223 g/mol. The quantitative estimate of drug-likeness (QED) is 0.600. The molecule has 0 unspecified atom stereocenters. The smallest absolute Gasteiger partial charge is 0.337 e. The van der Waals surface area contributed by atoms with Gasteiger partial charge in [0.05, 0.1) is 25.9 Å². The molecule has 1 aliphatic heterocycles. The first-order chi connectivity index (χ1) is 7.72. The Morgan fingerprint density at radius 1 is 1.44 bits per heavy atom. The molecule has 86 valence electrons. The van der Waals surface area contributed by atoms with Crippen molar-refractivity contribution in [2.45, 2.75) is 6.29 Å². The van der Waals surface area contributed by atoms with Crippen LogP contribution in [0.25, 0.3) is 0 Å². The lowest BCUT2D eigenvalue weighted by Crippen LogP contribution is -2.07. The second kappa shape index (κ2) is 4.51. The van der Waals surface area contributed by atoms with E-state index in [1.54, 1.807) is 18.2 Å². The number of carbonyl (C=O) groups excluding carboxylic acids is 1. The molecule has 0 aliphatic carbocycles. The maximum absolute atomic E-state index is 11.3. The van der Waals surface area contributed by atoms with Gasteiger partial charge in [0.25, 0.3) is 0 Å². The van der Waals surface area contributed by atoms with E-state index in [2.05, 4.69) is 4.74 Å². The summed E-state index contributed by atoms with van der Waals surface area (Å²) in [5.41, 5.74) is 7.44. The third-order valence-corrected chi connectivity index (χ3v) is 2.38. The SMILES string of the molecule is COC(=O)c1ccc(N)c(C2OCCO2)c1. The van der Waals surface area contributed by atoms with Gasteiger partial charge in [0.2, 0.25) is 0 Å². The summed E-state index contributed by atoms with van der Waals surface area (Å²) in [5, 5.41) is 0. The molecule has 0 bridgehead atoms. The Bertz CT molecular complexity index is 399. The monoisotopic (exact) mass is 223 g/mol. The summed E-state index contributed by atoms with van der Waals surface area (Å²) in [6, 6.07) is 4.89. The van der Waals surface area contributed by atoms with E-state index >= 15 is 0 Å². The van der Waals surface area contributed by atoms with Crippen molar-refractivity contribution in [1.29, 1.82) is 0 Å². The molecule has 0 aromatic heterocycles. The van der Waals surface area contributed by atoms with Crippen molar-refractivity contribution in [2.75, 3.05) is 26.1 Å². The predicted molar refractivity (Wildman–Crippen MR) is 56.8 cm³/mol. The van der Waals surface area contributed by atoms with Crippen LogP contribution in [0.2, 0.25) is 0 Å². The number of benzene rings is 1. The summed E-state index contributed by atoms with van der Waals surface area (Å²) in [5.74, 6) is -0.403. The van der Waals surface area contributed by atoms with Gasteiger partial charge in [-0.2, -0.15) is 0 Å². The maximum Gasteiger partial charge on any atom is 0.337 e. The average Bonchev–Trinajstić information content (AvgIpc) is 2.82. The van der Waals surface area contributed by atoms with Crippen LogP contribution in [-0.2, 0) is 14.2 Å². The lowest BCUT2D eigenvalue weighted by molar-refractivity contribution is -0.0435. The first-order valence-electron chi connectivity index (χ1n) is 4.93. The van der Waals surface area contributed by atoms with Crippen LogP contribution in [0.1, 0.15) is 22.2 Å².